The largest absolute Gasteiger partial charge is 0.372 e. The highest BCUT2D eigenvalue weighted by Gasteiger charge is 2.28. The molecular weight excluding hydrogens is 278 g/mol. The van der Waals surface area contributed by atoms with E-state index >= 15 is 0 Å². The number of nitrogens with zero attached hydrogens (tertiary/aromatic N) is 2. The summed E-state index contributed by atoms with van der Waals surface area (Å²) in [5, 5.41) is 3.31. The van der Waals surface area contributed by atoms with Crippen LogP contribution in [0.2, 0.25) is 0 Å². The van der Waals surface area contributed by atoms with E-state index in [1.54, 1.807) is 0 Å². The van der Waals surface area contributed by atoms with Crippen molar-refractivity contribution in [3.8, 4) is 0 Å². The molecule has 3 unspecified atom stereocenters. The number of likely N-dealkylation sites (N-methyl/N-ethyl adjacent to an activating group) is 1. The van der Waals surface area contributed by atoms with Gasteiger partial charge in [-0.1, -0.05) is 0 Å². The van der Waals surface area contributed by atoms with Crippen molar-refractivity contribution >= 4 is 18.3 Å². The summed E-state index contributed by atoms with van der Waals surface area (Å²) in [5.74, 6) is 0.249. The van der Waals surface area contributed by atoms with Crippen molar-refractivity contribution in [2.45, 2.75) is 44.9 Å². The topological polar surface area (TPSA) is 44.8 Å². The van der Waals surface area contributed by atoms with Crippen LogP contribution in [0, 0.1) is 0 Å². The van der Waals surface area contributed by atoms with Crippen LogP contribution >= 0.6 is 12.4 Å². The molecule has 0 spiro atoms. The van der Waals surface area contributed by atoms with Gasteiger partial charge in [0.15, 0.2) is 0 Å². The van der Waals surface area contributed by atoms with Crippen LogP contribution in [-0.2, 0) is 9.53 Å². The van der Waals surface area contributed by atoms with Gasteiger partial charge in [0.05, 0.1) is 18.8 Å². The van der Waals surface area contributed by atoms with Gasteiger partial charge in [-0.2, -0.15) is 0 Å². The Balaban J connectivity index is 0.00000200. The zero-order valence-electron chi connectivity index (χ0n) is 12.8. The zero-order valence-corrected chi connectivity index (χ0v) is 13.6. The fraction of sp³-hybridized carbons (Fsp3) is 0.929. The highest BCUT2D eigenvalue weighted by atomic mass is 35.5. The van der Waals surface area contributed by atoms with Crippen molar-refractivity contribution in [3.05, 3.63) is 0 Å². The lowest BCUT2D eigenvalue weighted by Crippen LogP contribution is -2.53. The van der Waals surface area contributed by atoms with Crippen LogP contribution in [0.4, 0.5) is 0 Å². The Morgan fingerprint density at radius 2 is 1.90 bits per heavy atom. The lowest BCUT2D eigenvalue weighted by atomic mass is 10.1. The average Bonchev–Trinajstić information content (AvgIpc) is 2.37. The van der Waals surface area contributed by atoms with Gasteiger partial charge >= 0.3 is 0 Å². The number of hydrogen-bond acceptors (Lipinski definition) is 4. The van der Waals surface area contributed by atoms with E-state index in [-0.39, 0.29) is 30.5 Å². The second-order valence-electron chi connectivity index (χ2n) is 5.92. The van der Waals surface area contributed by atoms with Crippen molar-refractivity contribution in [3.63, 3.8) is 0 Å². The first kappa shape index (κ1) is 17.7. The third kappa shape index (κ3) is 4.88. The Bertz CT molecular complexity index is 307. The molecule has 2 rings (SSSR count). The highest BCUT2D eigenvalue weighted by Crippen LogP contribution is 2.13. The first-order chi connectivity index (χ1) is 9.08. The molecule has 0 aromatic heterocycles. The van der Waals surface area contributed by atoms with Crippen molar-refractivity contribution in [2.24, 2.45) is 0 Å². The van der Waals surface area contributed by atoms with E-state index in [0.29, 0.717) is 12.6 Å². The molecule has 0 radical (unpaired) electrons. The summed E-state index contributed by atoms with van der Waals surface area (Å²) >= 11 is 0. The molecule has 0 aromatic rings. The molecule has 2 aliphatic rings. The summed E-state index contributed by atoms with van der Waals surface area (Å²) < 4.78 is 5.67. The number of amides is 1. The van der Waals surface area contributed by atoms with E-state index in [4.69, 9.17) is 4.74 Å². The minimum Gasteiger partial charge on any atom is -0.372 e. The zero-order chi connectivity index (χ0) is 13.8. The predicted molar refractivity (Wildman–Crippen MR) is 82.4 cm³/mol. The first-order valence-electron chi connectivity index (χ1n) is 7.41. The molecule has 0 saturated carbocycles. The van der Waals surface area contributed by atoms with Gasteiger partial charge in [0, 0.05) is 25.7 Å². The summed E-state index contributed by atoms with van der Waals surface area (Å²) in [6.45, 7) is 8.11. The molecule has 0 aromatic carbocycles. The van der Waals surface area contributed by atoms with Crippen LogP contribution in [-0.4, -0.2) is 73.7 Å². The maximum atomic E-state index is 12.4. The van der Waals surface area contributed by atoms with Gasteiger partial charge in [-0.05, 0) is 40.3 Å². The quantitative estimate of drug-likeness (QED) is 0.835. The standard InChI is InChI=1S/C14H27N3O2.ClH/c1-11-7-17(8-12(2)19-11)14(18)10-16-6-4-5-13(9-16)15-3;/h11-13,15H,4-10H2,1-3H3;1H. The van der Waals surface area contributed by atoms with Gasteiger partial charge in [-0.25, -0.2) is 0 Å². The average molecular weight is 306 g/mol. The number of ether oxygens (including phenoxy) is 1. The molecule has 118 valence electrons. The van der Waals surface area contributed by atoms with Gasteiger partial charge in [0.25, 0.3) is 0 Å². The van der Waals surface area contributed by atoms with Crippen molar-refractivity contribution in [1.82, 2.24) is 15.1 Å². The van der Waals surface area contributed by atoms with E-state index in [9.17, 15) is 4.79 Å². The molecule has 2 fully saturated rings. The molecule has 0 bridgehead atoms. The fourth-order valence-corrected chi connectivity index (χ4v) is 3.11. The molecule has 2 aliphatic heterocycles. The Labute approximate surface area is 128 Å². The van der Waals surface area contributed by atoms with Crippen LogP contribution < -0.4 is 5.32 Å². The molecule has 5 nitrogen and oxygen atoms in total. The second kappa shape index (κ2) is 8.17. The monoisotopic (exact) mass is 305 g/mol. The maximum Gasteiger partial charge on any atom is 0.236 e. The molecule has 20 heavy (non-hydrogen) atoms. The van der Waals surface area contributed by atoms with Gasteiger partial charge in [-0.3, -0.25) is 9.69 Å². The van der Waals surface area contributed by atoms with E-state index < -0.39 is 0 Å². The van der Waals surface area contributed by atoms with Crippen LogP contribution in [0.5, 0.6) is 0 Å². The summed E-state index contributed by atoms with van der Waals surface area (Å²) in [7, 11) is 2.00. The van der Waals surface area contributed by atoms with Crippen LogP contribution in [0.25, 0.3) is 0 Å². The van der Waals surface area contributed by atoms with Crippen molar-refractivity contribution < 1.29 is 9.53 Å². The Morgan fingerprint density at radius 1 is 1.25 bits per heavy atom. The Kier molecular flexibility index (Phi) is 7.23. The SMILES string of the molecule is CNC1CCCN(CC(=O)N2CC(C)OC(C)C2)C1.Cl. The molecule has 3 atom stereocenters. The highest BCUT2D eigenvalue weighted by molar-refractivity contribution is 5.85. The van der Waals surface area contributed by atoms with Crippen molar-refractivity contribution in [2.75, 3.05) is 39.8 Å². The van der Waals surface area contributed by atoms with Gasteiger partial charge in [0.2, 0.25) is 5.91 Å². The van der Waals surface area contributed by atoms with E-state index in [1.165, 1.54) is 12.8 Å². The number of carbonyl (C=O) groups excluding carboxylic acids is 1. The normalized spacial score (nSPS) is 31.8. The van der Waals surface area contributed by atoms with Gasteiger partial charge in [0.1, 0.15) is 0 Å². The van der Waals surface area contributed by atoms with E-state index in [0.717, 1.165) is 26.2 Å². The Morgan fingerprint density at radius 3 is 2.50 bits per heavy atom. The lowest BCUT2D eigenvalue weighted by Gasteiger charge is -2.38. The number of halogens is 1. The number of hydrogen-bond donors (Lipinski definition) is 1. The van der Waals surface area contributed by atoms with Gasteiger partial charge < -0.3 is 15.0 Å². The molecule has 2 saturated heterocycles. The minimum absolute atomic E-state index is 0. The number of likely N-dealkylation sites (tertiary alicyclic amines) is 1. The minimum atomic E-state index is 0. The number of nitrogens with one attached hydrogen (secondary N) is 1. The molecule has 6 heteroatoms. The van der Waals surface area contributed by atoms with E-state index in [1.807, 2.05) is 25.8 Å². The number of piperidine rings is 1. The first-order valence-corrected chi connectivity index (χ1v) is 7.41. The fourth-order valence-electron chi connectivity index (χ4n) is 3.11. The third-order valence-corrected chi connectivity index (χ3v) is 4.04. The van der Waals surface area contributed by atoms with Crippen LogP contribution in [0.15, 0.2) is 0 Å². The van der Waals surface area contributed by atoms with Gasteiger partial charge in [-0.15, -0.1) is 12.4 Å². The number of morpholine rings is 1. The third-order valence-electron chi connectivity index (χ3n) is 4.04. The summed E-state index contributed by atoms with van der Waals surface area (Å²) in [4.78, 5) is 16.6. The van der Waals surface area contributed by atoms with Crippen LogP contribution in [0.1, 0.15) is 26.7 Å². The number of rotatable bonds is 3. The molecule has 1 amide bonds. The molecule has 1 N–H and O–H groups in total. The summed E-state index contributed by atoms with van der Waals surface area (Å²) in [6.07, 6.45) is 2.69. The predicted octanol–water partition coefficient (Wildman–Crippen LogP) is 0.728. The summed E-state index contributed by atoms with van der Waals surface area (Å²) in [6, 6.07) is 0.532. The molecule has 0 aliphatic carbocycles. The summed E-state index contributed by atoms with van der Waals surface area (Å²) in [5.41, 5.74) is 0. The maximum absolute atomic E-state index is 12.4. The smallest absolute Gasteiger partial charge is 0.236 e. The Hall–Kier alpha value is -0.360. The number of carbonyl (C=O) groups is 1. The second-order valence-corrected chi connectivity index (χ2v) is 5.92. The molecule has 2 heterocycles. The molecular formula is C14H28ClN3O2. The lowest BCUT2D eigenvalue weighted by molar-refractivity contribution is -0.144. The van der Waals surface area contributed by atoms with Crippen molar-refractivity contribution in [1.29, 1.82) is 0 Å². The van der Waals surface area contributed by atoms with E-state index in [2.05, 4.69) is 10.2 Å². The van der Waals surface area contributed by atoms with Crippen LogP contribution in [0.3, 0.4) is 0 Å².